The first-order valence-electron chi connectivity index (χ1n) is 8.65. The fraction of sp³-hybridized carbons (Fsp3) is 0.350. The fourth-order valence-corrected chi connectivity index (χ4v) is 2.47. The first kappa shape index (κ1) is 18.9. The zero-order chi connectivity index (χ0) is 18.1. The van der Waals surface area contributed by atoms with Gasteiger partial charge in [-0.15, -0.1) is 0 Å². The van der Waals surface area contributed by atoms with Gasteiger partial charge in [0.25, 0.3) is 0 Å². The molecule has 2 aromatic rings. The summed E-state index contributed by atoms with van der Waals surface area (Å²) in [5.74, 6) is -0.326. The van der Waals surface area contributed by atoms with E-state index < -0.39 is 6.04 Å². The molecule has 0 aliphatic rings. The van der Waals surface area contributed by atoms with E-state index in [2.05, 4.69) is 10.6 Å². The maximum atomic E-state index is 13.1. The van der Waals surface area contributed by atoms with Crippen LogP contribution in [0.5, 0.6) is 0 Å². The number of carbonyl (C=O) groups is 1. The van der Waals surface area contributed by atoms with Gasteiger partial charge >= 0.3 is 0 Å². The normalized spacial score (nSPS) is 11.8. The molecule has 0 radical (unpaired) electrons. The van der Waals surface area contributed by atoms with Crippen molar-refractivity contribution in [2.24, 2.45) is 5.73 Å². The number of nitrogens with one attached hydrogen (secondary N) is 2. The Labute approximate surface area is 148 Å². The number of carbonyl (C=O) groups excluding carboxylic acids is 1. The lowest BCUT2D eigenvalue weighted by molar-refractivity contribution is -0.122. The van der Waals surface area contributed by atoms with Crippen LogP contribution >= 0.6 is 0 Å². The molecule has 4 nitrogen and oxygen atoms in total. The van der Waals surface area contributed by atoms with E-state index in [-0.39, 0.29) is 11.7 Å². The van der Waals surface area contributed by atoms with Crippen molar-refractivity contribution in [2.45, 2.75) is 38.8 Å². The Morgan fingerprint density at radius 3 is 2.56 bits per heavy atom. The van der Waals surface area contributed by atoms with Crippen molar-refractivity contribution in [1.29, 1.82) is 0 Å². The highest BCUT2D eigenvalue weighted by atomic mass is 19.1. The molecule has 0 aliphatic heterocycles. The number of halogens is 1. The number of anilines is 1. The van der Waals surface area contributed by atoms with Crippen LogP contribution < -0.4 is 16.4 Å². The smallest absolute Gasteiger partial charge is 0.236 e. The van der Waals surface area contributed by atoms with Gasteiger partial charge in [-0.3, -0.25) is 4.79 Å². The highest BCUT2D eigenvalue weighted by Crippen LogP contribution is 2.11. The highest BCUT2D eigenvalue weighted by molar-refractivity contribution is 5.80. The van der Waals surface area contributed by atoms with Gasteiger partial charge in [-0.2, -0.15) is 0 Å². The lowest BCUT2D eigenvalue weighted by atomic mass is 10.1. The third-order valence-electron chi connectivity index (χ3n) is 3.94. The maximum absolute atomic E-state index is 13.1. The SMILES string of the molecule is CC(N)C(=O)NCc1ccc(NCCCCc2cccc(F)c2)cc1. The standard InChI is InChI=1S/C20H26FN3O/c1-15(22)20(25)24-14-17-8-10-19(11-9-17)23-12-3-2-5-16-6-4-7-18(21)13-16/h4,6-11,13,15,23H,2-3,5,12,14,22H2,1H3,(H,24,25). The van der Waals surface area contributed by atoms with E-state index in [9.17, 15) is 9.18 Å². The molecule has 1 amide bonds. The van der Waals surface area contributed by atoms with E-state index in [1.165, 1.54) is 6.07 Å². The lowest BCUT2D eigenvalue weighted by Gasteiger charge is -2.10. The quantitative estimate of drug-likeness (QED) is 0.613. The Balaban J connectivity index is 1.65. The van der Waals surface area contributed by atoms with Crippen molar-refractivity contribution in [2.75, 3.05) is 11.9 Å². The summed E-state index contributed by atoms with van der Waals surface area (Å²) in [6, 6.07) is 14.2. The van der Waals surface area contributed by atoms with Crippen molar-refractivity contribution in [3.8, 4) is 0 Å². The summed E-state index contributed by atoms with van der Waals surface area (Å²) in [5, 5.41) is 6.16. The lowest BCUT2D eigenvalue weighted by Crippen LogP contribution is -2.37. The molecule has 134 valence electrons. The molecule has 0 fully saturated rings. The van der Waals surface area contributed by atoms with E-state index in [1.807, 2.05) is 30.3 Å². The van der Waals surface area contributed by atoms with Crippen LogP contribution in [0.3, 0.4) is 0 Å². The minimum Gasteiger partial charge on any atom is -0.385 e. The minimum atomic E-state index is -0.492. The second-order valence-electron chi connectivity index (χ2n) is 6.22. The zero-order valence-electron chi connectivity index (χ0n) is 14.6. The monoisotopic (exact) mass is 343 g/mol. The summed E-state index contributed by atoms with van der Waals surface area (Å²) in [4.78, 5) is 11.4. The molecular weight excluding hydrogens is 317 g/mol. The van der Waals surface area contributed by atoms with Gasteiger partial charge in [-0.1, -0.05) is 24.3 Å². The third-order valence-corrected chi connectivity index (χ3v) is 3.94. The van der Waals surface area contributed by atoms with Crippen molar-refractivity contribution in [1.82, 2.24) is 5.32 Å². The highest BCUT2D eigenvalue weighted by Gasteiger charge is 2.05. The number of aryl methyl sites for hydroxylation is 1. The van der Waals surface area contributed by atoms with E-state index in [4.69, 9.17) is 5.73 Å². The summed E-state index contributed by atoms with van der Waals surface area (Å²) >= 11 is 0. The Hall–Kier alpha value is -2.40. The maximum Gasteiger partial charge on any atom is 0.236 e. The molecular formula is C20H26FN3O. The number of unbranched alkanes of at least 4 members (excludes halogenated alkanes) is 1. The predicted molar refractivity (Wildman–Crippen MR) is 99.8 cm³/mol. The van der Waals surface area contributed by atoms with Gasteiger partial charge in [0.1, 0.15) is 5.82 Å². The molecule has 4 N–H and O–H groups in total. The molecule has 0 aromatic heterocycles. The van der Waals surface area contributed by atoms with Crippen LogP contribution in [0.25, 0.3) is 0 Å². The number of hydrogen-bond acceptors (Lipinski definition) is 3. The van der Waals surface area contributed by atoms with Crippen molar-refractivity contribution >= 4 is 11.6 Å². The van der Waals surface area contributed by atoms with Gasteiger partial charge in [0.15, 0.2) is 0 Å². The number of benzene rings is 2. The van der Waals surface area contributed by atoms with E-state index in [0.29, 0.717) is 6.54 Å². The Bertz CT molecular complexity index is 671. The summed E-state index contributed by atoms with van der Waals surface area (Å²) in [6.07, 6.45) is 2.91. The average Bonchev–Trinajstić information content (AvgIpc) is 2.60. The molecule has 0 heterocycles. The summed E-state index contributed by atoms with van der Waals surface area (Å²) in [7, 11) is 0. The topological polar surface area (TPSA) is 67.2 Å². The van der Waals surface area contributed by atoms with E-state index in [1.54, 1.807) is 19.1 Å². The molecule has 0 spiro atoms. The molecule has 1 unspecified atom stereocenters. The molecule has 0 bridgehead atoms. The zero-order valence-corrected chi connectivity index (χ0v) is 14.6. The molecule has 5 heteroatoms. The molecule has 25 heavy (non-hydrogen) atoms. The second kappa shape index (κ2) is 9.79. The summed E-state index contributed by atoms with van der Waals surface area (Å²) in [5.41, 5.74) is 8.63. The van der Waals surface area contributed by atoms with Crippen LogP contribution in [0, 0.1) is 5.82 Å². The molecule has 2 aromatic carbocycles. The molecule has 0 saturated carbocycles. The third kappa shape index (κ3) is 6.93. The Kier molecular flexibility index (Phi) is 7.41. The number of amides is 1. The van der Waals surface area contributed by atoms with Crippen molar-refractivity contribution < 1.29 is 9.18 Å². The van der Waals surface area contributed by atoms with E-state index >= 15 is 0 Å². The number of hydrogen-bond donors (Lipinski definition) is 3. The van der Waals surface area contributed by atoms with Crippen molar-refractivity contribution in [3.05, 3.63) is 65.5 Å². The summed E-state index contributed by atoms with van der Waals surface area (Å²) in [6.45, 7) is 3.01. The van der Waals surface area contributed by atoms with Crippen LogP contribution in [-0.2, 0) is 17.8 Å². The Morgan fingerprint density at radius 2 is 1.88 bits per heavy atom. The minimum absolute atomic E-state index is 0.152. The first-order valence-corrected chi connectivity index (χ1v) is 8.65. The first-order chi connectivity index (χ1) is 12.0. The van der Waals surface area contributed by atoms with Gasteiger partial charge in [0, 0.05) is 18.8 Å². The van der Waals surface area contributed by atoms with Crippen molar-refractivity contribution in [3.63, 3.8) is 0 Å². The van der Waals surface area contributed by atoms with E-state index in [0.717, 1.165) is 42.6 Å². The Morgan fingerprint density at radius 1 is 1.12 bits per heavy atom. The van der Waals surface area contributed by atoms with Crippen LogP contribution in [-0.4, -0.2) is 18.5 Å². The van der Waals surface area contributed by atoms with Gasteiger partial charge < -0.3 is 16.4 Å². The van der Waals surface area contributed by atoms with Crippen LogP contribution in [0.2, 0.25) is 0 Å². The van der Waals surface area contributed by atoms with Gasteiger partial charge in [-0.25, -0.2) is 4.39 Å². The van der Waals surface area contributed by atoms with Gasteiger partial charge in [0.05, 0.1) is 6.04 Å². The predicted octanol–water partition coefficient (Wildman–Crippen LogP) is 3.22. The largest absolute Gasteiger partial charge is 0.385 e. The second-order valence-corrected chi connectivity index (χ2v) is 6.22. The molecule has 2 rings (SSSR count). The van der Waals surface area contributed by atoms with Gasteiger partial charge in [-0.05, 0) is 61.6 Å². The number of rotatable bonds is 9. The van der Waals surface area contributed by atoms with Crippen LogP contribution in [0.1, 0.15) is 30.9 Å². The van der Waals surface area contributed by atoms with Crippen LogP contribution in [0.15, 0.2) is 48.5 Å². The summed E-state index contributed by atoms with van der Waals surface area (Å²) < 4.78 is 13.1. The average molecular weight is 343 g/mol. The fourth-order valence-electron chi connectivity index (χ4n) is 2.47. The molecule has 1 atom stereocenters. The van der Waals surface area contributed by atoms with Crippen LogP contribution in [0.4, 0.5) is 10.1 Å². The van der Waals surface area contributed by atoms with Gasteiger partial charge in [0.2, 0.25) is 5.91 Å². The number of nitrogens with two attached hydrogens (primary N) is 1. The molecule has 0 saturated heterocycles. The molecule has 0 aliphatic carbocycles.